The van der Waals surface area contributed by atoms with E-state index in [-0.39, 0.29) is 12.1 Å². The Hall–Kier alpha value is -1.03. The van der Waals surface area contributed by atoms with Crippen molar-refractivity contribution in [3.05, 3.63) is 11.8 Å². The molecule has 1 heterocycles. The molecule has 4 nitrogen and oxygen atoms in total. The summed E-state index contributed by atoms with van der Waals surface area (Å²) in [6.07, 6.45) is 12.0. The molecular weight excluding hydrogens is 278 g/mol. The first-order valence-electron chi connectivity index (χ1n) is 8.87. The minimum Gasteiger partial charge on any atom is -0.463 e. The summed E-state index contributed by atoms with van der Waals surface area (Å²) in [5.41, 5.74) is 0.983. The van der Waals surface area contributed by atoms with Crippen LogP contribution in [0.2, 0.25) is 0 Å². The van der Waals surface area contributed by atoms with Crippen LogP contribution in [0.3, 0.4) is 0 Å². The van der Waals surface area contributed by atoms with Gasteiger partial charge < -0.3 is 14.8 Å². The highest BCUT2D eigenvalue weighted by Crippen LogP contribution is 2.28. The molecule has 0 aliphatic carbocycles. The van der Waals surface area contributed by atoms with Crippen molar-refractivity contribution in [3.8, 4) is 0 Å². The van der Waals surface area contributed by atoms with Crippen LogP contribution < -0.4 is 5.32 Å². The monoisotopic (exact) mass is 311 g/mol. The Morgan fingerprint density at radius 3 is 2.50 bits per heavy atom. The van der Waals surface area contributed by atoms with Gasteiger partial charge in [-0.05, 0) is 13.3 Å². The summed E-state index contributed by atoms with van der Waals surface area (Å²) >= 11 is 0. The number of methoxy groups -OCH3 is 1. The van der Waals surface area contributed by atoms with Crippen LogP contribution in [0.25, 0.3) is 0 Å². The second kappa shape index (κ2) is 11.5. The van der Waals surface area contributed by atoms with Crippen molar-refractivity contribution in [2.45, 2.75) is 71.3 Å². The second-order valence-corrected chi connectivity index (χ2v) is 6.02. The topological polar surface area (TPSA) is 47.6 Å². The van der Waals surface area contributed by atoms with E-state index in [1.165, 1.54) is 44.9 Å². The van der Waals surface area contributed by atoms with Crippen LogP contribution in [0.4, 0.5) is 0 Å². The summed E-state index contributed by atoms with van der Waals surface area (Å²) in [6.45, 7) is 5.27. The molecule has 1 N–H and O–H groups in total. The molecule has 128 valence electrons. The van der Waals surface area contributed by atoms with Gasteiger partial charge in [0.15, 0.2) is 0 Å². The normalized spacial score (nSPS) is 22.8. The Morgan fingerprint density at radius 1 is 1.18 bits per heavy atom. The zero-order chi connectivity index (χ0) is 16.2. The van der Waals surface area contributed by atoms with Crippen molar-refractivity contribution in [1.82, 2.24) is 5.32 Å². The summed E-state index contributed by atoms with van der Waals surface area (Å²) in [6, 6.07) is 0. The van der Waals surface area contributed by atoms with Gasteiger partial charge in [-0.1, -0.05) is 51.9 Å². The molecule has 1 aliphatic rings. The lowest BCUT2D eigenvalue weighted by Crippen LogP contribution is -2.20. The van der Waals surface area contributed by atoms with Crippen molar-refractivity contribution >= 4 is 5.97 Å². The number of carbonyl (C=O) groups is 1. The largest absolute Gasteiger partial charge is 0.463 e. The number of carbonyl (C=O) groups excluding carboxylic acids is 1. The molecule has 0 aromatic carbocycles. The van der Waals surface area contributed by atoms with Crippen LogP contribution >= 0.6 is 0 Å². The van der Waals surface area contributed by atoms with E-state index < -0.39 is 0 Å². The zero-order valence-corrected chi connectivity index (χ0v) is 14.5. The average Bonchev–Trinajstić information content (AvgIpc) is 2.88. The molecule has 0 bridgehead atoms. The number of hydrogen-bond acceptors (Lipinski definition) is 4. The molecule has 0 amide bonds. The molecule has 1 saturated heterocycles. The number of nitrogens with one attached hydrogen (secondary N) is 1. The lowest BCUT2D eigenvalue weighted by atomic mass is 9.94. The molecule has 0 aromatic rings. The first-order chi connectivity index (χ1) is 10.7. The fourth-order valence-corrected chi connectivity index (χ4v) is 3.07. The fraction of sp³-hybridized carbons (Fsp3) is 0.833. The van der Waals surface area contributed by atoms with Gasteiger partial charge in [-0.2, -0.15) is 0 Å². The van der Waals surface area contributed by atoms with E-state index in [1.807, 2.05) is 6.92 Å². The van der Waals surface area contributed by atoms with Gasteiger partial charge in [0.2, 0.25) is 0 Å². The number of ether oxygens (including phenoxy) is 2. The summed E-state index contributed by atoms with van der Waals surface area (Å²) in [5, 5.41) is 3.30. The molecule has 1 rings (SSSR count). The first kappa shape index (κ1) is 19.0. The summed E-state index contributed by atoms with van der Waals surface area (Å²) in [7, 11) is 1.75. The molecule has 22 heavy (non-hydrogen) atoms. The third-order valence-electron chi connectivity index (χ3n) is 4.34. The molecule has 0 aromatic heterocycles. The van der Waals surface area contributed by atoms with Gasteiger partial charge in [0.1, 0.15) is 0 Å². The number of hydrogen-bond donors (Lipinski definition) is 1. The molecule has 0 spiro atoms. The van der Waals surface area contributed by atoms with E-state index in [9.17, 15) is 4.79 Å². The third kappa shape index (κ3) is 6.82. The second-order valence-electron chi connectivity index (χ2n) is 6.02. The van der Waals surface area contributed by atoms with Gasteiger partial charge in [0.25, 0.3) is 0 Å². The molecule has 0 saturated carbocycles. The van der Waals surface area contributed by atoms with Crippen LogP contribution in [0.15, 0.2) is 11.8 Å². The van der Waals surface area contributed by atoms with Gasteiger partial charge in [-0.3, -0.25) is 0 Å². The first-order valence-corrected chi connectivity index (χ1v) is 8.87. The summed E-state index contributed by atoms with van der Waals surface area (Å²) in [4.78, 5) is 11.6. The average molecular weight is 311 g/mol. The fourth-order valence-electron chi connectivity index (χ4n) is 3.07. The molecule has 1 aliphatic heterocycles. The Balaban J connectivity index is 2.36. The molecule has 0 unspecified atom stereocenters. The predicted molar refractivity (Wildman–Crippen MR) is 89.6 cm³/mol. The van der Waals surface area contributed by atoms with Crippen LogP contribution in [0, 0.1) is 5.92 Å². The van der Waals surface area contributed by atoms with Gasteiger partial charge in [-0.15, -0.1) is 0 Å². The molecule has 4 heteroatoms. The minimum atomic E-state index is -0.258. The van der Waals surface area contributed by atoms with Gasteiger partial charge in [0, 0.05) is 31.3 Å². The van der Waals surface area contributed by atoms with Crippen molar-refractivity contribution in [2.24, 2.45) is 5.92 Å². The molecular formula is C18H33NO3. The lowest BCUT2D eigenvalue weighted by molar-refractivity contribution is -0.137. The van der Waals surface area contributed by atoms with Crippen LogP contribution in [0.5, 0.6) is 0 Å². The maximum Gasteiger partial charge on any atom is 0.332 e. The molecule has 1 fully saturated rings. The van der Waals surface area contributed by atoms with Gasteiger partial charge >= 0.3 is 5.97 Å². The predicted octanol–water partition coefficient (Wildman–Crippen LogP) is 3.81. The number of unbranched alkanes of at least 4 members (excludes halogenated alkanes) is 6. The van der Waals surface area contributed by atoms with E-state index in [0.717, 1.165) is 18.7 Å². The van der Waals surface area contributed by atoms with E-state index in [4.69, 9.17) is 9.47 Å². The number of rotatable bonds is 11. The van der Waals surface area contributed by atoms with Crippen LogP contribution in [-0.2, 0) is 14.3 Å². The highest BCUT2D eigenvalue weighted by molar-refractivity contribution is 5.82. The van der Waals surface area contributed by atoms with Crippen molar-refractivity contribution < 1.29 is 14.3 Å². The SMILES string of the molecule is CCCCCCCCC[C@@H]1/C(=C/C(=O)OCC)NC[C@H]1OC. The Bertz CT molecular complexity index is 341. The van der Waals surface area contributed by atoms with Gasteiger partial charge in [-0.25, -0.2) is 4.79 Å². The quantitative estimate of drug-likeness (QED) is 0.358. The van der Waals surface area contributed by atoms with Crippen molar-refractivity contribution in [3.63, 3.8) is 0 Å². The van der Waals surface area contributed by atoms with E-state index in [2.05, 4.69) is 12.2 Å². The third-order valence-corrected chi connectivity index (χ3v) is 4.34. The highest BCUT2D eigenvalue weighted by Gasteiger charge is 2.31. The van der Waals surface area contributed by atoms with Crippen molar-refractivity contribution in [2.75, 3.05) is 20.3 Å². The lowest BCUT2D eigenvalue weighted by Gasteiger charge is -2.17. The molecule has 2 atom stereocenters. The van der Waals surface area contributed by atoms with Crippen LogP contribution in [-0.4, -0.2) is 32.3 Å². The van der Waals surface area contributed by atoms with E-state index in [0.29, 0.717) is 12.5 Å². The summed E-state index contributed by atoms with van der Waals surface area (Å²) in [5.74, 6) is 0.0383. The zero-order valence-electron chi connectivity index (χ0n) is 14.5. The summed E-state index contributed by atoms with van der Waals surface area (Å²) < 4.78 is 10.6. The Morgan fingerprint density at radius 2 is 1.86 bits per heavy atom. The standard InChI is InChI=1S/C18H33NO3/c1-4-6-7-8-9-10-11-12-15-16(13-18(20)22-5-2)19-14-17(15)21-3/h13,15,17,19H,4-12,14H2,1-3H3/b16-13-/t15-,17-/m1/s1. The Kier molecular flexibility index (Phi) is 9.96. The maximum absolute atomic E-state index is 11.6. The minimum absolute atomic E-state index is 0.167. The smallest absolute Gasteiger partial charge is 0.332 e. The number of esters is 1. The van der Waals surface area contributed by atoms with E-state index >= 15 is 0 Å². The van der Waals surface area contributed by atoms with Crippen molar-refractivity contribution in [1.29, 1.82) is 0 Å². The highest BCUT2D eigenvalue weighted by atomic mass is 16.5. The van der Waals surface area contributed by atoms with E-state index in [1.54, 1.807) is 13.2 Å². The van der Waals surface area contributed by atoms with Gasteiger partial charge in [0.05, 0.1) is 12.7 Å². The molecule has 0 radical (unpaired) electrons. The maximum atomic E-state index is 11.6. The van der Waals surface area contributed by atoms with Crippen LogP contribution in [0.1, 0.15) is 65.2 Å². The Labute approximate surface area is 135 Å².